The lowest BCUT2D eigenvalue weighted by Gasteiger charge is -2.18. The van der Waals surface area contributed by atoms with E-state index in [2.05, 4.69) is 53.9 Å². The van der Waals surface area contributed by atoms with Crippen molar-refractivity contribution < 1.29 is 9.59 Å². The molecule has 1 aromatic heterocycles. The van der Waals surface area contributed by atoms with E-state index in [4.69, 9.17) is 0 Å². The van der Waals surface area contributed by atoms with Crippen molar-refractivity contribution in [1.29, 1.82) is 0 Å². The van der Waals surface area contributed by atoms with Crippen molar-refractivity contribution >= 4 is 34.8 Å². The minimum absolute atomic E-state index is 0.348. The van der Waals surface area contributed by atoms with Crippen LogP contribution in [0.4, 0.5) is 32.3 Å². The van der Waals surface area contributed by atoms with Crippen LogP contribution >= 0.6 is 0 Å². The second-order valence-corrected chi connectivity index (χ2v) is 8.73. The van der Waals surface area contributed by atoms with Crippen LogP contribution in [-0.4, -0.2) is 17.0 Å². The molecular weight excluding hydrogens is 450 g/mol. The first-order valence-corrected chi connectivity index (χ1v) is 12.7. The number of hydrogen-bond donors (Lipinski definition) is 4. The van der Waals surface area contributed by atoms with Gasteiger partial charge >= 0.3 is 12.1 Å². The van der Waals surface area contributed by atoms with E-state index in [1.54, 1.807) is 6.07 Å². The van der Waals surface area contributed by atoms with E-state index in [1.807, 2.05) is 50.2 Å². The molecule has 0 bridgehead atoms. The van der Waals surface area contributed by atoms with Gasteiger partial charge in [0.25, 0.3) is 0 Å². The van der Waals surface area contributed by atoms with Gasteiger partial charge in [0.2, 0.25) is 0 Å². The summed E-state index contributed by atoms with van der Waals surface area (Å²) in [5.41, 5.74) is 8.42. The lowest BCUT2D eigenvalue weighted by molar-refractivity contribution is 0.261. The fourth-order valence-electron chi connectivity index (χ4n) is 4.32. The van der Waals surface area contributed by atoms with Crippen LogP contribution in [0.5, 0.6) is 0 Å². The fourth-order valence-corrected chi connectivity index (χ4v) is 4.32. The highest BCUT2D eigenvalue weighted by Crippen LogP contribution is 2.26. The molecule has 4 N–H and O–H groups in total. The number of hydrogen-bond acceptors (Lipinski definition) is 3. The Hall–Kier alpha value is -3.87. The summed E-state index contributed by atoms with van der Waals surface area (Å²) in [5.74, 6) is 0. The molecule has 0 unspecified atom stereocenters. The summed E-state index contributed by atoms with van der Waals surface area (Å²) in [4.78, 5) is 30.4. The number of para-hydroxylation sites is 2. The SMILES string of the molecule is CCc1cccc(CC)c1NC(=O)Nc1cc(NC(=O)Nc2c(CC)cccc2CC)c(C)nc1C. The van der Waals surface area contributed by atoms with Crippen molar-refractivity contribution in [2.24, 2.45) is 0 Å². The molecule has 190 valence electrons. The number of amides is 4. The van der Waals surface area contributed by atoms with Gasteiger partial charge in [-0.05, 0) is 67.9 Å². The number of anilines is 4. The van der Waals surface area contributed by atoms with Crippen LogP contribution in [0.25, 0.3) is 0 Å². The Morgan fingerprint density at radius 3 is 1.25 bits per heavy atom. The Bertz CT molecular complexity index is 1120. The number of carbonyl (C=O) groups is 2. The normalized spacial score (nSPS) is 10.6. The van der Waals surface area contributed by atoms with Gasteiger partial charge in [-0.1, -0.05) is 64.1 Å². The number of urea groups is 2. The average Bonchev–Trinajstić information content (AvgIpc) is 2.87. The van der Waals surface area contributed by atoms with E-state index in [9.17, 15) is 9.59 Å². The Labute approximate surface area is 214 Å². The summed E-state index contributed by atoms with van der Waals surface area (Å²) < 4.78 is 0. The van der Waals surface area contributed by atoms with Crippen molar-refractivity contribution in [1.82, 2.24) is 4.98 Å². The quantitative estimate of drug-likeness (QED) is 0.270. The van der Waals surface area contributed by atoms with E-state index >= 15 is 0 Å². The highest BCUT2D eigenvalue weighted by atomic mass is 16.2. The number of nitrogens with one attached hydrogen (secondary N) is 4. The van der Waals surface area contributed by atoms with Gasteiger partial charge in [-0.3, -0.25) is 4.98 Å². The van der Waals surface area contributed by atoms with E-state index < -0.39 is 0 Å². The van der Waals surface area contributed by atoms with Gasteiger partial charge < -0.3 is 21.3 Å². The number of nitrogens with zero attached hydrogens (tertiary/aromatic N) is 1. The van der Waals surface area contributed by atoms with Crippen molar-refractivity contribution in [3.05, 3.63) is 76.1 Å². The molecule has 0 spiro atoms. The van der Waals surface area contributed by atoms with E-state index in [0.29, 0.717) is 22.8 Å². The van der Waals surface area contributed by atoms with E-state index in [-0.39, 0.29) is 12.1 Å². The lowest BCUT2D eigenvalue weighted by atomic mass is 10.0. The molecule has 0 radical (unpaired) electrons. The minimum Gasteiger partial charge on any atom is -0.307 e. The zero-order valence-electron chi connectivity index (χ0n) is 22.1. The molecule has 3 aromatic rings. The molecule has 0 saturated heterocycles. The first kappa shape index (κ1) is 26.7. The molecule has 0 aliphatic carbocycles. The van der Waals surface area contributed by atoms with E-state index in [0.717, 1.165) is 59.3 Å². The molecule has 0 aliphatic heterocycles. The van der Waals surface area contributed by atoms with Gasteiger partial charge in [0.05, 0.1) is 22.8 Å². The van der Waals surface area contributed by atoms with Crippen LogP contribution < -0.4 is 21.3 Å². The van der Waals surface area contributed by atoms with Crippen molar-refractivity contribution in [3.8, 4) is 0 Å². The largest absolute Gasteiger partial charge is 0.323 e. The lowest BCUT2D eigenvalue weighted by Crippen LogP contribution is -2.24. The predicted octanol–water partition coefficient (Wildman–Crippen LogP) is 7.24. The zero-order chi connectivity index (χ0) is 26.2. The number of carbonyl (C=O) groups excluding carboxylic acids is 2. The first-order valence-electron chi connectivity index (χ1n) is 12.7. The third-order valence-corrected chi connectivity index (χ3v) is 6.37. The molecule has 3 rings (SSSR count). The van der Waals surface area contributed by atoms with Gasteiger partial charge in [0, 0.05) is 11.4 Å². The summed E-state index contributed by atoms with van der Waals surface area (Å²) in [6, 6.07) is 13.2. The van der Waals surface area contributed by atoms with Crippen LogP contribution in [-0.2, 0) is 25.7 Å². The minimum atomic E-state index is -0.348. The highest BCUT2D eigenvalue weighted by Gasteiger charge is 2.15. The maximum absolute atomic E-state index is 12.9. The van der Waals surface area contributed by atoms with Crippen LogP contribution in [0.2, 0.25) is 0 Å². The van der Waals surface area contributed by atoms with E-state index in [1.165, 1.54) is 0 Å². The Morgan fingerprint density at radius 1 is 0.611 bits per heavy atom. The van der Waals surface area contributed by atoms with Crippen LogP contribution in [0.3, 0.4) is 0 Å². The maximum Gasteiger partial charge on any atom is 0.323 e. The molecule has 0 fully saturated rings. The predicted molar refractivity (Wildman–Crippen MR) is 149 cm³/mol. The number of aromatic nitrogens is 1. The summed E-state index contributed by atoms with van der Waals surface area (Å²) >= 11 is 0. The monoisotopic (exact) mass is 487 g/mol. The maximum atomic E-state index is 12.9. The Morgan fingerprint density at radius 2 is 0.944 bits per heavy atom. The summed E-state index contributed by atoms with van der Waals surface area (Å²) in [7, 11) is 0. The van der Waals surface area contributed by atoms with Crippen LogP contribution in [0, 0.1) is 13.8 Å². The number of rotatable bonds is 8. The number of pyridine rings is 1. The third kappa shape index (κ3) is 6.22. The van der Waals surface area contributed by atoms with Crippen molar-refractivity contribution in [2.45, 2.75) is 67.2 Å². The summed E-state index contributed by atoms with van der Waals surface area (Å²) in [5, 5.41) is 11.8. The smallest absolute Gasteiger partial charge is 0.307 e. The Balaban J connectivity index is 1.78. The van der Waals surface area contributed by atoms with Gasteiger partial charge in [0.15, 0.2) is 0 Å². The highest BCUT2D eigenvalue weighted by molar-refractivity contribution is 6.03. The summed E-state index contributed by atoms with van der Waals surface area (Å²) in [6.07, 6.45) is 3.27. The molecule has 4 amide bonds. The topological polar surface area (TPSA) is 95.2 Å². The first-order chi connectivity index (χ1) is 17.3. The fraction of sp³-hybridized carbons (Fsp3) is 0.345. The van der Waals surface area contributed by atoms with Crippen LogP contribution in [0.15, 0.2) is 42.5 Å². The van der Waals surface area contributed by atoms with Gasteiger partial charge in [0.1, 0.15) is 0 Å². The van der Waals surface area contributed by atoms with Gasteiger partial charge in [-0.25, -0.2) is 9.59 Å². The molecule has 0 atom stereocenters. The number of benzene rings is 2. The molecule has 36 heavy (non-hydrogen) atoms. The zero-order valence-corrected chi connectivity index (χ0v) is 22.1. The molecule has 0 saturated carbocycles. The van der Waals surface area contributed by atoms with Crippen molar-refractivity contribution in [2.75, 3.05) is 21.3 Å². The molecule has 7 nitrogen and oxygen atoms in total. The number of aryl methyl sites for hydroxylation is 6. The van der Waals surface area contributed by atoms with Crippen LogP contribution in [0.1, 0.15) is 61.3 Å². The third-order valence-electron chi connectivity index (χ3n) is 6.37. The second-order valence-electron chi connectivity index (χ2n) is 8.73. The molecule has 0 aliphatic rings. The van der Waals surface area contributed by atoms with Gasteiger partial charge in [-0.2, -0.15) is 0 Å². The standard InChI is InChI=1S/C29H37N5O2/c1-7-20-13-11-14-21(8-2)26(20)33-28(35)31-24-17-25(19(6)30-18(24)5)32-29(36)34-27-22(9-3)15-12-16-23(27)10-4/h11-17H,7-10H2,1-6H3,(H2,31,33,35)(H2,32,34,36). The average molecular weight is 488 g/mol. The van der Waals surface area contributed by atoms with Gasteiger partial charge in [-0.15, -0.1) is 0 Å². The summed E-state index contributed by atoms with van der Waals surface area (Å²) in [6.45, 7) is 11.9. The second kappa shape index (κ2) is 12.2. The molecule has 2 aromatic carbocycles. The molecule has 7 heteroatoms. The molecular formula is C29H37N5O2. The Kier molecular flexibility index (Phi) is 9.06. The molecule has 1 heterocycles. The van der Waals surface area contributed by atoms with Crippen molar-refractivity contribution in [3.63, 3.8) is 0 Å².